The van der Waals surface area contributed by atoms with Gasteiger partial charge in [0.05, 0.1) is 0 Å². The number of halogens is 3. The van der Waals surface area contributed by atoms with E-state index < -0.39 is 24.7 Å². The van der Waals surface area contributed by atoms with E-state index in [4.69, 9.17) is 0 Å². The van der Waals surface area contributed by atoms with E-state index in [0.717, 1.165) is 5.56 Å². The second-order valence-corrected chi connectivity index (χ2v) is 5.92. The predicted molar refractivity (Wildman–Crippen MR) is 78.3 cm³/mol. The van der Waals surface area contributed by atoms with E-state index in [0.29, 0.717) is 10.0 Å². The molecule has 2 aromatic rings. The smallest absolute Gasteiger partial charge is 0.379 e. The second kappa shape index (κ2) is 6.72. The highest BCUT2D eigenvalue weighted by atomic mass is 32.1. The van der Waals surface area contributed by atoms with Crippen molar-refractivity contribution in [2.75, 3.05) is 6.54 Å². The van der Waals surface area contributed by atoms with Crippen LogP contribution in [0.1, 0.15) is 18.4 Å². The molecule has 8 heteroatoms. The molecule has 2 rings (SSSR count). The molecule has 120 valence electrons. The summed E-state index contributed by atoms with van der Waals surface area (Å²) >= 11 is 1.30. The quantitative estimate of drug-likeness (QED) is 0.854. The fourth-order valence-corrected chi connectivity index (χ4v) is 2.64. The lowest BCUT2D eigenvalue weighted by Gasteiger charge is -2.29. The standard InChI is InChI=1S/C14H16F3N3OS/c1-2-13(21,14(15,16)17)9-18-8-11-19-20-12(22-11)10-6-4-3-5-7-10/h3-7,18,21H,2,8-9H2,1H3. The number of nitrogens with zero attached hydrogens (tertiary/aromatic N) is 2. The highest BCUT2D eigenvalue weighted by Gasteiger charge is 2.51. The molecule has 0 bridgehead atoms. The molecule has 0 aliphatic rings. The van der Waals surface area contributed by atoms with Gasteiger partial charge >= 0.3 is 6.18 Å². The van der Waals surface area contributed by atoms with Crippen LogP contribution in [-0.4, -0.2) is 33.6 Å². The van der Waals surface area contributed by atoms with Gasteiger partial charge in [-0.05, 0) is 6.42 Å². The summed E-state index contributed by atoms with van der Waals surface area (Å²) in [6.07, 6.45) is -5.07. The Hall–Kier alpha value is -1.51. The number of benzene rings is 1. The average molecular weight is 331 g/mol. The van der Waals surface area contributed by atoms with Crippen molar-refractivity contribution in [3.05, 3.63) is 35.3 Å². The van der Waals surface area contributed by atoms with Gasteiger partial charge in [0.25, 0.3) is 0 Å². The number of aliphatic hydroxyl groups is 1. The maximum Gasteiger partial charge on any atom is 0.418 e. The second-order valence-electron chi connectivity index (χ2n) is 4.85. The minimum absolute atomic E-state index is 0.128. The van der Waals surface area contributed by atoms with Gasteiger partial charge in [0.2, 0.25) is 0 Å². The molecule has 0 amide bonds. The van der Waals surface area contributed by atoms with Crippen molar-refractivity contribution in [2.24, 2.45) is 0 Å². The lowest BCUT2D eigenvalue weighted by Crippen LogP contribution is -2.51. The molecule has 1 aromatic carbocycles. The highest BCUT2D eigenvalue weighted by molar-refractivity contribution is 7.14. The Bertz CT molecular complexity index is 603. The zero-order valence-electron chi connectivity index (χ0n) is 11.9. The zero-order chi connectivity index (χ0) is 16.2. The van der Waals surface area contributed by atoms with E-state index in [1.54, 1.807) is 0 Å². The molecule has 22 heavy (non-hydrogen) atoms. The van der Waals surface area contributed by atoms with Crippen molar-refractivity contribution in [2.45, 2.75) is 31.7 Å². The van der Waals surface area contributed by atoms with Gasteiger partial charge in [0.15, 0.2) is 5.60 Å². The van der Waals surface area contributed by atoms with E-state index >= 15 is 0 Å². The van der Waals surface area contributed by atoms with Gasteiger partial charge < -0.3 is 10.4 Å². The number of alkyl halides is 3. The third kappa shape index (κ3) is 3.82. The van der Waals surface area contributed by atoms with Crippen molar-refractivity contribution in [1.29, 1.82) is 0 Å². The average Bonchev–Trinajstić information content (AvgIpc) is 2.95. The van der Waals surface area contributed by atoms with Crippen molar-refractivity contribution in [1.82, 2.24) is 15.5 Å². The van der Waals surface area contributed by atoms with Crippen molar-refractivity contribution < 1.29 is 18.3 Å². The molecule has 0 saturated carbocycles. The Morgan fingerprint density at radius 1 is 1.18 bits per heavy atom. The van der Waals surface area contributed by atoms with Gasteiger partial charge in [-0.3, -0.25) is 0 Å². The van der Waals surface area contributed by atoms with Crippen LogP contribution in [0.5, 0.6) is 0 Å². The highest BCUT2D eigenvalue weighted by Crippen LogP contribution is 2.32. The minimum Gasteiger partial charge on any atom is -0.379 e. The molecule has 2 N–H and O–H groups in total. The summed E-state index contributed by atoms with van der Waals surface area (Å²) in [6, 6.07) is 9.41. The topological polar surface area (TPSA) is 58.0 Å². The first-order valence-electron chi connectivity index (χ1n) is 6.73. The van der Waals surface area contributed by atoms with Gasteiger partial charge in [-0.25, -0.2) is 0 Å². The van der Waals surface area contributed by atoms with Crippen molar-refractivity contribution in [3.63, 3.8) is 0 Å². The first-order chi connectivity index (χ1) is 10.4. The molecule has 0 fully saturated rings. The van der Waals surface area contributed by atoms with Gasteiger partial charge in [-0.2, -0.15) is 13.2 Å². The molecule has 1 aromatic heterocycles. The molecule has 0 saturated heterocycles. The van der Waals surface area contributed by atoms with Crippen LogP contribution in [0.3, 0.4) is 0 Å². The normalized spacial score (nSPS) is 14.8. The Balaban J connectivity index is 1.95. The molecule has 1 atom stereocenters. The Labute approximate surface area is 130 Å². The van der Waals surface area contributed by atoms with Crippen LogP contribution in [0.15, 0.2) is 30.3 Å². The van der Waals surface area contributed by atoms with Crippen molar-refractivity contribution in [3.8, 4) is 10.6 Å². The summed E-state index contributed by atoms with van der Waals surface area (Å²) in [4.78, 5) is 0. The van der Waals surface area contributed by atoms with Crippen LogP contribution in [0.4, 0.5) is 13.2 Å². The summed E-state index contributed by atoms with van der Waals surface area (Å²) in [5.41, 5.74) is -1.81. The molecule has 4 nitrogen and oxygen atoms in total. The third-order valence-corrected chi connectivity index (χ3v) is 4.27. The van der Waals surface area contributed by atoms with Gasteiger partial charge in [-0.15, -0.1) is 10.2 Å². The van der Waals surface area contributed by atoms with Crippen LogP contribution >= 0.6 is 11.3 Å². The fraction of sp³-hybridized carbons (Fsp3) is 0.429. The fourth-order valence-electron chi connectivity index (χ4n) is 1.82. The predicted octanol–water partition coefficient (Wildman–Crippen LogP) is 3.00. The molecule has 1 unspecified atom stereocenters. The van der Waals surface area contributed by atoms with Gasteiger partial charge in [0.1, 0.15) is 10.0 Å². The van der Waals surface area contributed by atoms with Crippen LogP contribution < -0.4 is 5.32 Å². The third-order valence-electron chi connectivity index (χ3n) is 3.29. The van der Waals surface area contributed by atoms with E-state index in [9.17, 15) is 18.3 Å². The Morgan fingerprint density at radius 3 is 2.45 bits per heavy atom. The first kappa shape index (κ1) is 16.9. The molecule has 1 heterocycles. The van der Waals surface area contributed by atoms with Crippen LogP contribution in [0.2, 0.25) is 0 Å². The Morgan fingerprint density at radius 2 is 1.86 bits per heavy atom. The van der Waals surface area contributed by atoms with Crippen LogP contribution in [0.25, 0.3) is 10.6 Å². The SMILES string of the molecule is CCC(O)(CNCc1nnc(-c2ccccc2)s1)C(F)(F)F. The van der Waals surface area contributed by atoms with Crippen LogP contribution in [-0.2, 0) is 6.54 Å². The Kier molecular flexibility index (Phi) is 5.15. The number of hydrogen-bond acceptors (Lipinski definition) is 5. The van der Waals surface area contributed by atoms with E-state index in [2.05, 4.69) is 15.5 Å². The largest absolute Gasteiger partial charge is 0.418 e. The van der Waals surface area contributed by atoms with E-state index in [1.807, 2.05) is 30.3 Å². The van der Waals surface area contributed by atoms with Gasteiger partial charge in [-0.1, -0.05) is 48.6 Å². The maximum atomic E-state index is 12.7. The molecule has 0 radical (unpaired) electrons. The molecular formula is C14H16F3N3OS. The minimum atomic E-state index is -4.66. The monoisotopic (exact) mass is 331 g/mol. The molecule has 0 aliphatic heterocycles. The maximum absolute atomic E-state index is 12.7. The van der Waals surface area contributed by atoms with Crippen LogP contribution in [0, 0.1) is 0 Å². The summed E-state index contributed by atoms with van der Waals surface area (Å²) in [5.74, 6) is 0. The molecular weight excluding hydrogens is 315 g/mol. The zero-order valence-corrected chi connectivity index (χ0v) is 12.7. The van der Waals surface area contributed by atoms with Gasteiger partial charge in [0, 0.05) is 18.7 Å². The summed E-state index contributed by atoms with van der Waals surface area (Å²) < 4.78 is 38.2. The first-order valence-corrected chi connectivity index (χ1v) is 7.55. The lowest BCUT2D eigenvalue weighted by atomic mass is 10.0. The lowest BCUT2D eigenvalue weighted by molar-refractivity contribution is -0.258. The molecule has 0 aliphatic carbocycles. The van der Waals surface area contributed by atoms with E-state index in [1.165, 1.54) is 18.3 Å². The molecule has 0 spiro atoms. The number of rotatable bonds is 6. The number of hydrogen-bond donors (Lipinski definition) is 2. The number of aromatic nitrogens is 2. The summed E-state index contributed by atoms with van der Waals surface area (Å²) in [5, 5.41) is 21.4. The van der Waals surface area contributed by atoms with Crippen molar-refractivity contribution >= 4 is 11.3 Å². The summed E-state index contributed by atoms with van der Waals surface area (Å²) in [6.45, 7) is 0.851. The number of nitrogens with one attached hydrogen (secondary N) is 1. The van der Waals surface area contributed by atoms with E-state index in [-0.39, 0.29) is 6.54 Å². The summed E-state index contributed by atoms with van der Waals surface area (Å²) in [7, 11) is 0.